The lowest BCUT2D eigenvalue weighted by Gasteiger charge is -2.42. The fraction of sp³-hybridized carbons (Fsp3) is 0.235. The molecule has 3 aliphatic rings. The molecule has 3 aromatic carbocycles. The monoisotopic (exact) mass is 480 g/mol. The topological polar surface area (TPSA) is 8.17 Å². The third-order valence-corrected chi connectivity index (χ3v) is 8.29. The molecule has 0 spiro atoms. The molecule has 0 unspecified atom stereocenters. The highest BCUT2D eigenvalue weighted by Crippen LogP contribution is 2.44. The van der Waals surface area contributed by atoms with Crippen LogP contribution < -0.4 is 15.8 Å². The van der Waals surface area contributed by atoms with Crippen molar-refractivity contribution in [2.75, 3.05) is 4.90 Å². The minimum atomic E-state index is 0.220. The van der Waals surface area contributed by atoms with Gasteiger partial charge >= 0.3 is 0 Å². The molecule has 7 rings (SSSR count). The smallest absolute Gasteiger partial charge is 0.251 e. The van der Waals surface area contributed by atoms with Gasteiger partial charge in [0.05, 0.1) is 0 Å². The van der Waals surface area contributed by atoms with Gasteiger partial charge in [0.1, 0.15) is 0 Å². The van der Waals surface area contributed by atoms with Gasteiger partial charge < -0.3 is 9.47 Å². The zero-order chi connectivity index (χ0) is 25.4. The number of hydrogen-bond acceptors (Lipinski definition) is 1. The van der Waals surface area contributed by atoms with Gasteiger partial charge in [-0.15, -0.1) is 0 Å². The second-order valence-corrected chi connectivity index (χ2v) is 11.2. The molecule has 0 saturated heterocycles. The summed E-state index contributed by atoms with van der Waals surface area (Å²) in [5.41, 5.74) is 16.3. The first-order chi connectivity index (χ1) is 18.0. The summed E-state index contributed by atoms with van der Waals surface area (Å²) >= 11 is 0. The van der Waals surface area contributed by atoms with Crippen LogP contribution in [0.4, 0.5) is 11.4 Å². The summed E-state index contributed by atoms with van der Waals surface area (Å²) in [7, 11) is 0. The van der Waals surface area contributed by atoms with Gasteiger partial charge in [0.25, 0.3) is 6.71 Å². The fourth-order valence-corrected chi connectivity index (χ4v) is 6.91. The normalized spacial score (nSPS) is 17.8. The second-order valence-electron chi connectivity index (χ2n) is 11.2. The number of para-hydroxylation sites is 1. The summed E-state index contributed by atoms with van der Waals surface area (Å²) in [5, 5.41) is 1.43. The number of benzene rings is 3. The number of aryl methyl sites for hydroxylation is 3. The number of allylic oxidation sites excluding steroid dienone is 4. The van der Waals surface area contributed by atoms with Crippen molar-refractivity contribution >= 4 is 46.0 Å². The summed E-state index contributed by atoms with van der Waals surface area (Å²) in [4.78, 5) is 2.51. The first-order valence-electron chi connectivity index (χ1n) is 13.7. The van der Waals surface area contributed by atoms with Crippen LogP contribution in [0.15, 0.2) is 84.0 Å². The van der Waals surface area contributed by atoms with E-state index in [1.807, 2.05) is 0 Å². The molecule has 37 heavy (non-hydrogen) atoms. The van der Waals surface area contributed by atoms with Crippen LogP contribution in [0.3, 0.4) is 0 Å². The molecule has 0 fully saturated rings. The third-order valence-electron chi connectivity index (χ3n) is 8.29. The maximum Gasteiger partial charge on any atom is 0.251 e. The van der Waals surface area contributed by atoms with Gasteiger partial charge in [0, 0.05) is 39.4 Å². The summed E-state index contributed by atoms with van der Waals surface area (Å²) in [6.07, 6.45) is 11.8. The zero-order valence-electron chi connectivity index (χ0n) is 22.5. The van der Waals surface area contributed by atoms with Crippen molar-refractivity contribution in [2.24, 2.45) is 5.92 Å². The van der Waals surface area contributed by atoms with E-state index in [-0.39, 0.29) is 6.71 Å². The second kappa shape index (κ2) is 8.15. The average molecular weight is 480 g/mol. The van der Waals surface area contributed by atoms with E-state index in [4.69, 9.17) is 0 Å². The molecule has 0 saturated carbocycles. The van der Waals surface area contributed by atoms with E-state index in [9.17, 15) is 0 Å². The van der Waals surface area contributed by atoms with Crippen molar-refractivity contribution in [3.63, 3.8) is 0 Å². The first kappa shape index (κ1) is 22.5. The Kier molecular flexibility index (Phi) is 4.95. The van der Waals surface area contributed by atoms with Crippen molar-refractivity contribution in [1.82, 2.24) is 4.57 Å². The molecule has 3 heteroatoms. The highest BCUT2D eigenvalue weighted by molar-refractivity contribution is 6.95. The molecule has 2 nitrogen and oxygen atoms in total. The average Bonchev–Trinajstić information content (AvgIpc) is 3.23. The number of rotatable bonds is 2. The third kappa shape index (κ3) is 3.13. The van der Waals surface area contributed by atoms with Crippen LogP contribution >= 0.6 is 0 Å². The van der Waals surface area contributed by atoms with E-state index < -0.39 is 0 Å². The van der Waals surface area contributed by atoms with Crippen LogP contribution in [0.1, 0.15) is 49.6 Å². The lowest BCUT2D eigenvalue weighted by Crippen LogP contribution is -2.55. The molecular weight excluding hydrogens is 447 g/mol. The summed E-state index contributed by atoms with van der Waals surface area (Å²) < 4.78 is 2.58. The number of fused-ring (bicyclic) bond motifs is 5. The summed E-state index contributed by atoms with van der Waals surface area (Å²) in [6.45, 7) is 11.4. The van der Waals surface area contributed by atoms with Gasteiger partial charge in [-0.1, -0.05) is 68.0 Å². The Bertz CT molecular complexity index is 1680. The molecule has 182 valence electrons. The number of hydrogen-bond donors (Lipinski definition) is 0. The van der Waals surface area contributed by atoms with Crippen LogP contribution in [-0.2, 0) is 6.42 Å². The summed E-state index contributed by atoms with van der Waals surface area (Å²) in [6, 6.07) is 20.8. The maximum absolute atomic E-state index is 2.58. The van der Waals surface area contributed by atoms with Crippen LogP contribution in [0.25, 0.3) is 22.7 Å². The standard InChI is InChI=1S/C34H33BN2/c1-6-29-28(18-21(2)3)35-27-12-9-11-26-25-10-7-8-13-30(25)37(34(26)27)32-20-23(5)19-31(33(32)35)36(29)24-16-14-22(4)15-17-24/h6,8-9,11-21H,7,10H2,1-5H3/b28-18+,29-6?. The van der Waals surface area contributed by atoms with E-state index in [2.05, 4.69) is 123 Å². The molecule has 0 radical (unpaired) electrons. The molecule has 1 aromatic heterocycles. The van der Waals surface area contributed by atoms with E-state index in [1.54, 1.807) is 0 Å². The molecule has 0 N–H and O–H groups in total. The zero-order valence-corrected chi connectivity index (χ0v) is 22.5. The van der Waals surface area contributed by atoms with Crippen LogP contribution in [-0.4, -0.2) is 11.3 Å². The number of aromatic nitrogens is 1. The van der Waals surface area contributed by atoms with Crippen LogP contribution in [0.2, 0.25) is 0 Å². The van der Waals surface area contributed by atoms with Crippen molar-refractivity contribution in [3.05, 3.63) is 106 Å². The van der Waals surface area contributed by atoms with Gasteiger partial charge in [-0.3, -0.25) is 0 Å². The predicted octanol–water partition coefficient (Wildman–Crippen LogP) is 7.31. The Hall–Kier alpha value is -3.72. The molecular formula is C34H33BN2. The van der Waals surface area contributed by atoms with E-state index >= 15 is 0 Å². The highest BCUT2D eigenvalue weighted by Gasteiger charge is 2.44. The first-order valence-corrected chi connectivity index (χ1v) is 13.7. The Morgan fingerprint density at radius 3 is 2.49 bits per heavy atom. The molecule has 1 aliphatic carbocycles. The van der Waals surface area contributed by atoms with Gasteiger partial charge in [0.15, 0.2) is 0 Å². The van der Waals surface area contributed by atoms with Gasteiger partial charge in [-0.2, -0.15) is 0 Å². The molecule has 2 aliphatic heterocycles. The van der Waals surface area contributed by atoms with Crippen LogP contribution in [0.5, 0.6) is 0 Å². The number of nitrogens with zero attached hydrogens (tertiary/aromatic N) is 2. The maximum atomic E-state index is 2.58. The lowest BCUT2D eigenvalue weighted by atomic mass is 9.32. The van der Waals surface area contributed by atoms with Gasteiger partial charge in [-0.05, 0) is 97.4 Å². The molecule has 0 amide bonds. The van der Waals surface area contributed by atoms with Crippen molar-refractivity contribution < 1.29 is 0 Å². The minimum Gasteiger partial charge on any atom is -0.312 e. The van der Waals surface area contributed by atoms with Gasteiger partial charge in [0.2, 0.25) is 0 Å². The molecule has 4 aromatic rings. The summed E-state index contributed by atoms with van der Waals surface area (Å²) in [5.74, 6) is 0.448. The van der Waals surface area contributed by atoms with E-state index in [0.717, 1.165) is 12.8 Å². The van der Waals surface area contributed by atoms with Crippen molar-refractivity contribution in [1.29, 1.82) is 0 Å². The van der Waals surface area contributed by atoms with Crippen molar-refractivity contribution in [3.8, 4) is 5.69 Å². The Morgan fingerprint density at radius 2 is 1.73 bits per heavy atom. The van der Waals surface area contributed by atoms with E-state index in [1.165, 1.54) is 72.4 Å². The predicted molar refractivity (Wildman–Crippen MR) is 160 cm³/mol. The SMILES string of the molecule is CC=C1/C(=C\C(C)C)B2c3c(cc(C)cc3-n3c4c(c5cccc2c53)CCC=C4)N1c1ccc(C)cc1. The minimum absolute atomic E-state index is 0.220. The Labute approximate surface area is 220 Å². The lowest BCUT2D eigenvalue weighted by molar-refractivity contribution is 0.827. The molecule has 0 bridgehead atoms. The molecule has 0 atom stereocenters. The van der Waals surface area contributed by atoms with Crippen LogP contribution in [0, 0.1) is 19.8 Å². The van der Waals surface area contributed by atoms with Gasteiger partial charge in [-0.25, -0.2) is 0 Å². The van der Waals surface area contributed by atoms with Crippen molar-refractivity contribution in [2.45, 2.75) is 47.5 Å². The highest BCUT2D eigenvalue weighted by atomic mass is 15.2. The fourth-order valence-electron chi connectivity index (χ4n) is 6.91. The Morgan fingerprint density at radius 1 is 0.946 bits per heavy atom. The molecule has 3 heterocycles. The Balaban J connectivity index is 1.65. The largest absolute Gasteiger partial charge is 0.312 e. The quantitative estimate of drug-likeness (QED) is 0.273. The number of anilines is 2. The van der Waals surface area contributed by atoms with E-state index in [0.29, 0.717) is 5.92 Å².